The highest BCUT2D eigenvalue weighted by atomic mass is 16.4. The van der Waals surface area contributed by atoms with E-state index in [1.807, 2.05) is 0 Å². The van der Waals surface area contributed by atoms with Crippen molar-refractivity contribution in [2.45, 2.75) is 53.4 Å². The van der Waals surface area contributed by atoms with E-state index in [1.54, 1.807) is 6.92 Å². The van der Waals surface area contributed by atoms with Crippen molar-refractivity contribution in [1.29, 1.82) is 0 Å². The van der Waals surface area contributed by atoms with Crippen LogP contribution in [0.3, 0.4) is 0 Å². The maximum atomic E-state index is 9.37. The lowest BCUT2D eigenvalue weighted by molar-refractivity contribution is -0.136. The average molecular weight is 230 g/mol. The third-order valence-corrected chi connectivity index (χ3v) is 2.14. The van der Waals surface area contributed by atoms with Crippen molar-refractivity contribution in [3.63, 3.8) is 0 Å². The molecule has 3 nitrogen and oxygen atoms in total. The molecule has 0 aliphatic heterocycles. The zero-order valence-corrected chi connectivity index (χ0v) is 11.0. The summed E-state index contributed by atoms with van der Waals surface area (Å²) in [5.74, 6) is -0.0828. The molecule has 96 valence electrons. The molecule has 0 aromatic carbocycles. The van der Waals surface area contributed by atoms with Crippen molar-refractivity contribution >= 4 is 5.97 Å². The van der Waals surface area contributed by atoms with E-state index >= 15 is 0 Å². The lowest BCUT2D eigenvalue weighted by Gasteiger charge is -2.06. The topological polar surface area (TPSA) is 57.5 Å². The first-order valence-electron chi connectivity index (χ1n) is 5.90. The Morgan fingerprint density at radius 3 is 2.12 bits per heavy atom. The minimum atomic E-state index is -0.745. The van der Waals surface area contributed by atoms with Crippen molar-refractivity contribution in [2.75, 3.05) is 6.61 Å². The quantitative estimate of drug-likeness (QED) is 0.689. The summed E-state index contributed by atoms with van der Waals surface area (Å²) >= 11 is 0. The van der Waals surface area contributed by atoms with E-state index in [-0.39, 0.29) is 6.42 Å². The number of aliphatic carboxylic acids is 1. The fourth-order valence-corrected chi connectivity index (χ4v) is 1.02. The molecule has 1 unspecified atom stereocenters. The van der Waals surface area contributed by atoms with Gasteiger partial charge in [0.2, 0.25) is 0 Å². The Balaban J connectivity index is 0. The van der Waals surface area contributed by atoms with Crippen molar-refractivity contribution in [2.24, 2.45) is 5.92 Å². The Labute approximate surface area is 99.2 Å². The molecule has 0 amide bonds. The maximum absolute atomic E-state index is 9.37. The number of aliphatic hydroxyl groups excluding tert-OH is 1. The molecule has 1 atom stereocenters. The van der Waals surface area contributed by atoms with Gasteiger partial charge in [0.05, 0.1) is 0 Å². The maximum Gasteiger partial charge on any atom is 0.303 e. The Hall–Kier alpha value is -0.830. The predicted molar refractivity (Wildman–Crippen MR) is 67.5 cm³/mol. The van der Waals surface area contributed by atoms with E-state index < -0.39 is 5.97 Å². The van der Waals surface area contributed by atoms with E-state index in [9.17, 15) is 4.79 Å². The lowest BCUT2D eigenvalue weighted by atomic mass is 10.0. The van der Waals surface area contributed by atoms with E-state index in [1.165, 1.54) is 12.0 Å². The normalized spacial score (nSPS) is 11.1. The van der Waals surface area contributed by atoms with Crippen LogP contribution < -0.4 is 0 Å². The van der Waals surface area contributed by atoms with Gasteiger partial charge in [-0.25, -0.2) is 0 Å². The number of carbonyl (C=O) groups is 1. The molecule has 16 heavy (non-hydrogen) atoms. The highest BCUT2D eigenvalue weighted by molar-refractivity contribution is 5.66. The van der Waals surface area contributed by atoms with Gasteiger partial charge in [-0.3, -0.25) is 4.79 Å². The SMILES string of the molecule is CC(C)=CCCC(C)CCO.CCC(=O)O. The molecule has 0 aliphatic carbocycles. The van der Waals surface area contributed by atoms with Gasteiger partial charge in [0, 0.05) is 13.0 Å². The number of rotatable bonds is 6. The fourth-order valence-electron chi connectivity index (χ4n) is 1.02. The molecule has 0 bridgehead atoms. The Morgan fingerprint density at radius 1 is 1.31 bits per heavy atom. The molecule has 0 rings (SSSR count). The van der Waals surface area contributed by atoms with Crippen LogP contribution in [0.2, 0.25) is 0 Å². The minimum Gasteiger partial charge on any atom is -0.481 e. The first kappa shape index (κ1) is 17.6. The molecule has 3 heteroatoms. The second-order valence-corrected chi connectivity index (χ2v) is 4.22. The molecule has 0 heterocycles. The Morgan fingerprint density at radius 2 is 1.81 bits per heavy atom. The third-order valence-electron chi connectivity index (χ3n) is 2.14. The molecule has 0 aromatic rings. The van der Waals surface area contributed by atoms with Gasteiger partial charge in [-0.1, -0.05) is 25.5 Å². The summed E-state index contributed by atoms with van der Waals surface area (Å²) in [5, 5.41) is 16.4. The highest BCUT2D eigenvalue weighted by Crippen LogP contribution is 2.10. The molecule has 0 radical (unpaired) electrons. The van der Waals surface area contributed by atoms with Crippen LogP contribution in [0.1, 0.15) is 53.4 Å². The zero-order chi connectivity index (χ0) is 13.0. The molecular formula is C13H26O3. The van der Waals surface area contributed by atoms with Gasteiger partial charge in [0.15, 0.2) is 0 Å². The standard InChI is InChI=1S/C10H20O.C3H6O2/c1-9(2)5-4-6-10(3)7-8-11;1-2-3(4)5/h5,10-11H,4,6-8H2,1-3H3;2H2,1H3,(H,4,5). The average Bonchev–Trinajstić information content (AvgIpc) is 2.18. The summed E-state index contributed by atoms with van der Waals surface area (Å²) in [6, 6.07) is 0. The number of hydrogen-bond donors (Lipinski definition) is 2. The predicted octanol–water partition coefficient (Wildman–Crippen LogP) is 3.23. The summed E-state index contributed by atoms with van der Waals surface area (Å²) in [7, 11) is 0. The molecule has 0 aromatic heterocycles. The minimum absolute atomic E-state index is 0.222. The van der Waals surface area contributed by atoms with Crippen LogP contribution in [0.5, 0.6) is 0 Å². The smallest absolute Gasteiger partial charge is 0.303 e. The van der Waals surface area contributed by atoms with E-state index in [0.29, 0.717) is 12.5 Å². The van der Waals surface area contributed by atoms with Crippen LogP contribution in [0.4, 0.5) is 0 Å². The molecule has 0 fully saturated rings. The number of carboxylic acids is 1. The summed E-state index contributed by atoms with van der Waals surface area (Å²) in [6.07, 6.45) is 5.78. The van der Waals surface area contributed by atoms with Gasteiger partial charge in [-0.15, -0.1) is 0 Å². The van der Waals surface area contributed by atoms with Crippen molar-refractivity contribution in [3.8, 4) is 0 Å². The molecule has 0 saturated carbocycles. The number of allylic oxidation sites excluding steroid dienone is 2. The third kappa shape index (κ3) is 18.9. The van der Waals surface area contributed by atoms with Crippen molar-refractivity contribution in [3.05, 3.63) is 11.6 Å². The Kier molecular flexibility index (Phi) is 13.4. The largest absolute Gasteiger partial charge is 0.481 e. The second-order valence-electron chi connectivity index (χ2n) is 4.22. The fraction of sp³-hybridized carbons (Fsp3) is 0.769. The van der Waals surface area contributed by atoms with Gasteiger partial charge in [-0.2, -0.15) is 0 Å². The summed E-state index contributed by atoms with van der Waals surface area (Å²) in [5.41, 5.74) is 1.39. The van der Waals surface area contributed by atoms with Gasteiger partial charge in [-0.05, 0) is 39.0 Å². The molecule has 0 saturated heterocycles. The van der Waals surface area contributed by atoms with Crippen LogP contribution >= 0.6 is 0 Å². The van der Waals surface area contributed by atoms with Crippen LogP contribution in [0.15, 0.2) is 11.6 Å². The summed E-state index contributed by atoms with van der Waals surface area (Å²) < 4.78 is 0. The monoisotopic (exact) mass is 230 g/mol. The number of aliphatic hydroxyl groups is 1. The molecule has 0 spiro atoms. The van der Waals surface area contributed by atoms with Crippen LogP contribution in [0, 0.1) is 5.92 Å². The molecule has 0 aliphatic rings. The first-order chi connectivity index (χ1) is 7.43. The van der Waals surface area contributed by atoms with E-state index in [2.05, 4.69) is 26.8 Å². The van der Waals surface area contributed by atoms with E-state index in [4.69, 9.17) is 10.2 Å². The second kappa shape index (κ2) is 12.2. The molecular weight excluding hydrogens is 204 g/mol. The molecule has 2 N–H and O–H groups in total. The number of carboxylic acid groups (broad SMARTS) is 1. The van der Waals surface area contributed by atoms with Crippen molar-refractivity contribution < 1.29 is 15.0 Å². The van der Waals surface area contributed by atoms with Crippen LogP contribution in [-0.4, -0.2) is 22.8 Å². The lowest BCUT2D eigenvalue weighted by Crippen LogP contribution is -1.96. The van der Waals surface area contributed by atoms with Gasteiger partial charge in [0.25, 0.3) is 0 Å². The van der Waals surface area contributed by atoms with E-state index in [0.717, 1.165) is 12.8 Å². The van der Waals surface area contributed by atoms with Crippen LogP contribution in [0.25, 0.3) is 0 Å². The Bertz CT molecular complexity index is 193. The summed E-state index contributed by atoms with van der Waals surface area (Å²) in [6.45, 7) is 8.36. The first-order valence-corrected chi connectivity index (χ1v) is 5.90. The van der Waals surface area contributed by atoms with Gasteiger partial charge < -0.3 is 10.2 Å². The van der Waals surface area contributed by atoms with Crippen molar-refractivity contribution in [1.82, 2.24) is 0 Å². The summed E-state index contributed by atoms with van der Waals surface area (Å²) in [4.78, 5) is 9.37. The zero-order valence-electron chi connectivity index (χ0n) is 11.0. The highest BCUT2D eigenvalue weighted by Gasteiger charge is 1.98. The van der Waals surface area contributed by atoms with Crippen LogP contribution in [-0.2, 0) is 4.79 Å². The number of hydrogen-bond acceptors (Lipinski definition) is 2. The van der Waals surface area contributed by atoms with Gasteiger partial charge in [0.1, 0.15) is 0 Å². The van der Waals surface area contributed by atoms with Gasteiger partial charge >= 0.3 is 5.97 Å².